The Kier molecular flexibility index (Phi) is 7.83. The summed E-state index contributed by atoms with van der Waals surface area (Å²) in [6.07, 6.45) is 0.536. The monoisotopic (exact) mass is 288 g/mol. The molecule has 0 atom stereocenters. The number of carboxylic acid groups (broad SMARTS) is 1. The third-order valence-electron chi connectivity index (χ3n) is 2.70. The molecule has 0 heterocycles. The molecule has 0 saturated heterocycles. The maximum atomic E-state index is 11.7. The first-order chi connectivity index (χ1) is 9.18. The van der Waals surface area contributed by atoms with Gasteiger partial charge in [0.2, 0.25) is 5.91 Å². The average molecular weight is 288 g/mol. The van der Waals surface area contributed by atoms with Crippen LogP contribution in [0, 0.1) is 5.41 Å². The second-order valence-corrected chi connectivity index (χ2v) is 5.53. The summed E-state index contributed by atoms with van der Waals surface area (Å²) >= 11 is 0. The maximum absolute atomic E-state index is 11.7. The van der Waals surface area contributed by atoms with Crippen LogP contribution in [0.4, 0.5) is 4.79 Å². The van der Waals surface area contributed by atoms with Crippen molar-refractivity contribution in [1.29, 1.82) is 0 Å². The van der Waals surface area contributed by atoms with Gasteiger partial charge in [-0.1, -0.05) is 13.8 Å². The number of urea groups is 1. The van der Waals surface area contributed by atoms with Crippen LogP contribution in [-0.2, 0) is 14.3 Å². The largest absolute Gasteiger partial charge is 0.481 e. The molecule has 3 amide bonds. The van der Waals surface area contributed by atoms with Gasteiger partial charge in [-0.3, -0.25) is 14.9 Å². The van der Waals surface area contributed by atoms with E-state index in [4.69, 9.17) is 9.84 Å². The van der Waals surface area contributed by atoms with Gasteiger partial charge in [-0.25, -0.2) is 4.79 Å². The zero-order valence-electron chi connectivity index (χ0n) is 12.6. The van der Waals surface area contributed by atoms with Gasteiger partial charge in [0.1, 0.15) is 0 Å². The van der Waals surface area contributed by atoms with E-state index in [-0.39, 0.29) is 12.8 Å². The molecule has 0 unspecified atom stereocenters. The highest BCUT2D eigenvalue weighted by Crippen LogP contribution is 2.24. The Morgan fingerprint density at radius 1 is 1.25 bits per heavy atom. The van der Waals surface area contributed by atoms with Crippen molar-refractivity contribution >= 4 is 17.9 Å². The number of nitrogens with one attached hydrogen (secondary N) is 1. The van der Waals surface area contributed by atoms with E-state index in [1.165, 1.54) is 4.90 Å². The van der Waals surface area contributed by atoms with Crippen molar-refractivity contribution in [2.45, 2.75) is 33.1 Å². The van der Waals surface area contributed by atoms with Crippen LogP contribution in [0.15, 0.2) is 0 Å². The summed E-state index contributed by atoms with van der Waals surface area (Å²) < 4.78 is 4.87. The first kappa shape index (κ1) is 18.4. The molecule has 0 fully saturated rings. The lowest BCUT2D eigenvalue weighted by atomic mass is 9.85. The zero-order chi connectivity index (χ0) is 15.8. The van der Waals surface area contributed by atoms with E-state index in [0.717, 1.165) is 0 Å². The number of imide groups is 1. The lowest BCUT2D eigenvalue weighted by Gasteiger charge is -2.22. The third-order valence-corrected chi connectivity index (χ3v) is 2.70. The number of nitrogens with zero attached hydrogens (tertiary/aromatic N) is 1. The molecule has 7 heteroatoms. The Morgan fingerprint density at radius 3 is 2.35 bits per heavy atom. The molecule has 0 aliphatic heterocycles. The van der Waals surface area contributed by atoms with Crippen LogP contribution in [0.2, 0.25) is 0 Å². The van der Waals surface area contributed by atoms with Gasteiger partial charge in [0.15, 0.2) is 0 Å². The summed E-state index contributed by atoms with van der Waals surface area (Å²) in [5.74, 6) is -1.44. The lowest BCUT2D eigenvalue weighted by molar-refractivity contribution is -0.139. The van der Waals surface area contributed by atoms with Crippen LogP contribution < -0.4 is 5.32 Å². The van der Waals surface area contributed by atoms with Gasteiger partial charge >= 0.3 is 12.0 Å². The molecule has 7 nitrogen and oxygen atoms in total. The number of carbonyl (C=O) groups excluding carboxylic acids is 2. The summed E-state index contributed by atoms with van der Waals surface area (Å²) in [5.41, 5.74) is -0.690. The van der Waals surface area contributed by atoms with Crippen molar-refractivity contribution in [3.63, 3.8) is 0 Å². The van der Waals surface area contributed by atoms with E-state index < -0.39 is 23.3 Å². The highest BCUT2D eigenvalue weighted by Gasteiger charge is 2.26. The van der Waals surface area contributed by atoms with Crippen LogP contribution in [0.1, 0.15) is 33.1 Å². The Morgan fingerprint density at radius 2 is 1.85 bits per heavy atom. The molecule has 0 aliphatic carbocycles. The van der Waals surface area contributed by atoms with Gasteiger partial charge in [-0.2, -0.15) is 0 Å². The molecule has 0 aromatic heterocycles. The summed E-state index contributed by atoms with van der Waals surface area (Å²) in [4.78, 5) is 35.4. The fourth-order valence-corrected chi connectivity index (χ4v) is 1.71. The van der Waals surface area contributed by atoms with E-state index in [0.29, 0.717) is 19.6 Å². The quantitative estimate of drug-likeness (QED) is 0.652. The smallest absolute Gasteiger partial charge is 0.323 e. The number of rotatable bonds is 8. The second-order valence-electron chi connectivity index (χ2n) is 5.53. The van der Waals surface area contributed by atoms with Crippen molar-refractivity contribution in [1.82, 2.24) is 10.2 Å². The molecule has 2 N–H and O–H groups in total. The fraction of sp³-hybridized carbons (Fsp3) is 0.769. The molecular formula is C13H24N2O5. The van der Waals surface area contributed by atoms with E-state index in [1.807, 2.05) is 0 Å². The molecule has 0 bridgehead atoms. The highest BCUT2D eigenvalue weighted by atomic mass is 16.5. The highest BCUT2D eigenvalue weighted by molar-refractivity contribution is 5.94. The number of hydrogen-bond acceptors (Lipinski definition) is 4. The first-order valence-corrected chi connectivity index (χ1v) is 6.43. The van der Waals surface area contributed by atoms with E-state index in [9.17, 15) is 14.4 Å². The van der Waals surface area contributed by atoms with Gasteiger partial charge in [0, 0.05) is 33.7 Å². The van der Waals surface area contributed by atoms with Crippen molar-refractivity contribution in [2.24, 2.45) is 5.41 Å². The number of carbonyl (C=O) groups is 3. The van der Waals surface area contributed by atoms with Crippen molar-refractivity contribution in [3.8, 4) is 0 Å². The standard InChI is InChI=1S/C13H24N2O5/c1-13(2,9-11(17)18)8-10(16)14-12(19)15(3)6-5-7-20-4/h5-9H2,1-4H3,(H,17,18)(H,14,16,19). The van der Waals surface area contributed by atoms with Crippen LogP contribution in [0.5, 0.6) is 0 Å². The van der Waals surface area contributed by atoms with E-state index in [1.54, 1.807) is 28.0 Å². The number of hydrogen-bond donors (Lipinski definition) is 2. The van der Waals surface area contributed by atoms with Gasteiger partial charge in [-0.05, 0) is 11.8 Å². The zero-order valence-corrected chi connectivity index (χ0v) is 12.6. The lowest BCUT2D eigenvalue weighted by Crippen LogP contribution is -2.42. The number of methoxy groups -OCH3 is 1. The summed E-state index contributed by atoms with van der Waals surface area (Å²) in [6, 6.07) is -0.489. The number of amides is 3. The normalized spacial score (nSPS) is 11.0. The van der Waals surface area contributed by atoms with E-state index >= 15 is 0 Å². The molecule has 0 aliphatic rings. The van der Waals surface area contributed by atoms with Crippen LogP contribution in [0.25, 0.3) is 0 Å². The van der Waals surface area contributed by atoms with Crippen LogP contribution in [0.3, 0.4) is 0 Å². The van der Waals surface area contributed by atoms with Gasteiger partial charge in [0.25, 0.3) is 0 Å². The molecular weight excluding hydrogens is 264 g/mol. The SMILES string of the molecule is COCCCN(C)C(=O)NC(=O)CC(C)(C)CC(=O)O. The third kappa shape index (κ3) is 8.47. The minimum atomic E-state index is -0.967. The average Bonchev–Trinajstić information content (AvgIpc) is 2.25. The maximum Gasteiger partial charge on any atom is 0.323 e. The van der Waals surface area contributed by atoms with Crippen LogP contribution >= 0.6 is 0 Å². The molecule has 0 radical (unpaired) electrons. The minimum absolute atomic E-state index is 0.0169. The van der Waals surface area contributed by atoms with Gasteiger partial charge in [0.05, 0.1) is 6.42 Å². The number of ether oxygens (including phenoxy) is 1. The second kappa shape index (κ2) is 8.52. The molecule has 0 spiro atoms. The fourth-order valence-electron chi connectivity index (χ4n) is 1.71. The summed E-state index contributed by atoms with van der Waals surface area (Å²) in [6.45, 7) is 4.36. The first-order valence-electron chi connectivity index (χ1n) is 6.43. The molecule has 20 heavy (non-hydrogen) atoms. The van der Waals surface area contributed by atoms with Crippen LogP contribution in [-0.4, -0.2) is 55.2 Å². The predicted molar refractivity (Wildman–Crippen MR) is 73.3 cm³/mol. The van der Waals surface area contributed by atoms with Crippen molar-refractivity contribution < 1.29 is 24.2 Å². The number of aliphatic carboxylic acids is 1. The summed E-state index contributed by atoms with van der Waals surface area (Å²) in [7, 11) is 3.16. The van der Waals surface area contributed by atoms with Crippen molar-refractivity contribution in [3.05, 3.63) is 0 Å². The van der Waals surface area contributed by atoms with Gasteiger partial charge in [-0.15, -0.1) is 0 Å². The molecule has 116 valence electrons. The Hall–Kier alpha value is -1.63. The minimum Gasteiger partial charge on any atom is -0.481 e. The molecule has 0 aromatic rings. The van der Waals surface area contributed by atoms with E-state index in [2.05, 4.69) is 5.32 Å². The van der Waals surface area contributed by atoms with Gasteiger partial charge < -0.3 is 14.7 Å². The van der Waals surface area contributed by atoms with Crippen molar-refractivity contribution in [2.75, 3.05) is 27.3 Å². The Bertz CT molecular complexity index is 355. The number of carboxylic acids is 1. The predicted octanol–water partition coefficient (Wildman–Crippen LogP) is 1.08. The molecule has 0 aromatic carbocycles. The molecule has 0 rings (SSSR count). The topological polar surface area (TPSA) is 95.9 Å². The Labute approximate surface area is 119 Å². The Balaban J connectivity index is 4.19. The summed E-state index contributed by atoms with van der Waals surface area (Å²) in [5, 5.41) is 11.0. The molecule has 0 saturated carbocycles.